The van der Waals surface area contributed by atoms with Gasteiger partial charge in [0, 0.05) is 24.0 Å². The zero-order valence-electron chi connectivity index (χ0n) is 16.4. The maximum Gasteiger partial charge on any atom is 0.244 e. The van der Waals surface area contributed by atoms with Gasteiger partial charge in [0.15, 0.2) is 0 Å². The van der Waals surface area contributed by atoms with Crippen LogP contribution in [0, 0.1) is 0 Å². The number of carbonyl (C=O) groups excluding carboxylic acids is 2. The van der Waals surface area contributed by atoms with Gasteiger partial charge in [-0.3, -0.25) is 9.59 Å². The number of likely N-dealkylation sites (tertiary alicyclic amines) is 1. The lowest BCUT2D eigenvalue weighted by molar-refractivity contribution is -0.136. The number of piperidine rings is 1. The van der Waals surface area contributed by atoms with Crippen molar-refractivity contribution in [3.63, 3.8) is 0 Å². The summed E-state index contributed by atoms with van der Waals surface area (Å²) in [6, 6.07) is 7.26. The van der Waals surface area contributed by atoms with Crippen LogP contribution in [-0.2, 0) is 16.0 Å². The molecule has 1 atom stereocenters. The van der Waals surface area contributed by atoms with Crippen molar-refractivity contribution < 1.29 is 14.3 Å². The maximum absolute atomic E-state index is 12.4. The number of aromatic nitrogens is 1. The molecule has 6 nitrogen and oxygen atoms in total. The van der Waals surface area contributed by atoms with Gasteiger partial charge in [0.1, 0.15) is 16.8 Å². The van der Waals surface area contributed by atoms with Gasteiger partial charge >= 0.3 is 0 Å². The molecule has 3 rings (SSSR count). The zero-order valence-corrected chi connectivity index (χ0v) is 17.3. The summed E-state index contributed by atoms with van der Waals surface area (Å²) in [5, 5.41) is 5.57. The topological polar surface area (TPSA) is 71.5 Å². The van der Waals surface area contributed by atoms with Crippen LogP contribution in [0.25, 0.3) is 10.6 Å². The third kappa shape index (κ3) is 5.32. The molecule has 0 spiro atoms. The van der Waals surface area contributed by atoms with Crippen molar-refractivity contribution in [2.75, 3.05) is 19.7 Å². The van der Waals surface area contributed by atoms with Crippen LogP contribution in [0.4, 0.5) is 0 Å². The maximum atomic E-state index is 12.4. The largest absolute Gasteiger partial charge is 0.494 e. The second kappa shape index (κ2) is 9.68. The molecule has 1 fully saturated rings. The number of hydrogen-bond donors (Lipinski definition) is 1. The molecule has 0 unspecified atom stereocenters. The summed E-state index contributed by atoms with van der Waals surface area (Å²) < 4.78 is 5.45. The highest BCUT2D eigenvalue weighted by molar-refractivity contribution is 7.13. The first-order chi connectivity index (χ1) is 13.6. The number of nitrogens with one attached hydrogen (secondary N) is 1. The van der Waals surface area contributed by atoms with Crippen molar-refractivity contribution in [2.24, 2.45) is 0 Å². The van der Waals surface area contributed by atoms with Crippen LogP contribution < -0.4 is 10.1 Å². The third-order valence-corrected chi connectivity index (χ3v) is 5.66. The van der Waals surface area contributed by atoms with Crippen LogP contribution in [0.1, 0.15) is 38.8 Å². The Morgan fingerprint density at radius 3 is 2.61 bits per heavy atom. The van der Waals surface area contributed by atoms with Gasteiger partial charge in [0.2, 0.25) is 11.8 Å². The molecule has 0 saturated carbocycles. The van der Waals surface area contributed by atoms with Gasteiger partial charge in [0.25, 0.3) is 0 Å². The van der Waals surface area contributed by atoms with Gasteiger partial charge in [0.05, 0.1) is 18.7 Å². The van der Waals surface area contributed by atoms with Gasteiger partial charge in [-0.2, -0.15) is 0 Å². The van der Waals surface area contributed by atoms with Crippen molar-refractivity contribution >= 4 is 23.2 Å². The van der Waals surface area contributed by atoms with E-state index in [0.717, 1.165) is 42.3 Å². The van der Waals surface area contributed by atoms with Crippen LogP contribution in [0.15, 0.2) is 29.6 Å². The van der Waals surface area contributed by atoms with Crippen LogP contribution >= 0.6 is 11.3 Å². The third-order valence-electron chi connectivity index (χ3n) is 4.72. The Hall–Kier alpha value is -2.41. The molecule has 2 amide bonds. The number of nitrogens with zero attached hydrogens (tertiary/aromatic N) is 2. The SMILES string of the molecule is CCOc1ccc(-c2nc(CC(=O)N[C@@H](C)C(=O)N3CCCCC3)cs2)cc1. The second-order valence-corrected chi connectivity index (χ2v) is 7.81. The fraction of sp³-hybridized carbons (Fsp3) is 0.476. The first-order valence-corrected chi connectivity index (χ1v) is 10.7. The molecule has 1 aliphatic rings. The summed E-state index contributed by atoms with van der Waals surface area (Å²) in [5.41, 5.74) is 1.71. The van der Waals surface area contributed by atoms with Gasteiger partial charge in [-0.1, -0.05) is 0 Å². The summed E-state index contributed by atoms with van der Waals surface area (Å²) in [4.78, 5) is 31.2. The molecule has 0 radical (unpaired) electrons. The van der Waals surface area contributed by atoms with E-state index in [1.54, 1.807) is 6.92 Å². The van der Waals surface area contributed by atoms with Crippen molar-refractivity contribution in [3.05, 3.63) is 35.3 Å². The Morgan fingerprint density at radius 2 is 1.93 bits per heavy atom. The summed E-state index contributed by atoms with van der Waals surface area (Å²) in [6.07, 6.45) is 3.43. The van der Waals surface area contributed by atoms with Crippen molar-refractivity contribution in [3.8, 4) is 16.3 Å². The predicted molar refractivity (Wildman–Crippen MR) is 110 cm³/mol. The Bertz CT molecular complexity index is 797. The normalized spacial score (nSPS) is 15.1. The molecular weight excluding hydrogens is 374 g/mol. The molecule has 1 N–H and O–H groups in total. The van der Waals surface area contributed by atoms with Crippen molar-refractivity contribution in [1.82, 2.24) is 15.2 Å². The average Bonchev–Trinajstić information content (AvgIpc) is 3.17. The molecule has 1 aromatic carbocycles. The minimum atomic E-state index is -0.505. The van der Waals surface area contributed by atoms with Crippen molar-refractivity contribution in [2.45, 2.75) is 45.6 Å². The molecule has 1 aliphatic heterocycles. The average molecular weight is 402 g/mol. The molecule has 7 heteroatoms. The summed E-state index contributed by atoms with van der Waals surface area (Å²) in [7, 11) is 0. The minimum absolute atomic E-state index is 0.00130. The lowest BCUT2D eigenvalue weighted by atomic mass is 10.1. The lowest BCUT2D eigenvalue weighted by Crippen LogP contribution is -2.48. The number of amides is 2. The molecule has 2 aromatic rings. The Morgan fingerprint density at radius 1 is 1.21 bits per heavy atom. The van der Waals surface area contributed by atoms with E-state index in [9.17, 15) is 9.59 Å². The minimum Gasteiger partial charge on any atom is -0.494 e. The zero-order chi connectivity index (χ0) is 19.9. The lowest BCUT2D eigenvalue weighted by Gasteiger charge is -2.29. The number of hydrogen-bond acceptors (Lipinski definition) is 5. The summed E-state index contributed by atoms with van der Waals surface area (Å²) in [6.45, 7) is 5.91. The molecule has 2 heterocycles. The summed E-state index contributed by atoms with van der Waals surface area (Å²) in [5.74, 6) is 0.651. The van der Waals surface area contributed by atoms with Crippen LogP contribution in [-0.4, -0.2) is 47.4 Å². The first kappa shape index (κ1) is 20.3. The Balaban J connectivity index is 1.53. The number of carbonyl (C=O) groups is 2. The van der Waals surface area contributed by atoms with Gasteiger partial charge in [-0.15, -0.1) is 11.3 Å². The van der Waals surface area contributed by atoms with Crippen LogP contribution in [0.3, 0.4) is 0 Å². The molecule has 1 saturated heterocycles. The fourth-order valence-electron chi connectivity index (χ4n) is 3.29. The van der Waals surface area contributed by atoms with Gasteiger partial charge in [-0.05, 0) is 57.4 Å². The predicted octanol–water partition coefficient (Wildman–Crippen LogP) is 3.27. The number of rotatable bonds is 7. The molecule has 150 valence electrons. The van der Waals surface area contributed by atoms with Gasteiger partial charge in [-0.25, -0.2) is 4.98 Å². The Labute approximate surface area is 169 Å². The molecule has 1 aromatic heterocycles. The van der Waals surface area contributed by atoms with E-state index in [0.29, 0.717) is 12.3 Å². The van der Waals surface area contributed by atoms with Crippen molar-refractivity contribution in [1.29, 1.82) is 0 Å². The first-order valence-electron chi connectivity index (χ1n) is 9.82. The fourth-order valence-corrected chi connectivity index (χ4v) is 4.11. The monoisotopic (exact) mass is 401 g/mol. The quantitative estimate of drug-likeness (QED) is 0.773. The van der Waals surface area contributed by atoms with E-state index >= 15 is 0 Å². The van der Waals surface area contributed by atoms with E-state index in [1.807, 2.05) is 41.5 Å². The number of benzene rings is 1. The van der Waals surface area contributed by atoms with Crippen LogP contribution in [0.2, 0.25) is 0 Å². The second-order valence-electron chi connectivity index (χ2n) is 6.95. The summed E-state index contributed by atoms with van der Waals surface area (Å²) >= 11 is 1.50. The standard InChI is InChI=1S/C21H27N3O3S/c1-3-27-18-9-7-16(8-10-18)20-23-17(14-28-20)13-19(25)22-15(2)21(26)24-11-5-4-6-12-24/h7-10,14-15H,3-6,11-13H2,1-2H3,(H,22,25)/t15-/m0/s1. The molecular formula is C21H27N3O3S. The highest BCUT2D eigenvalue weighted by Crippen LogP contribution is 2.26. The smallest absolute Gasteiger partial charge is 0.244 e. The Kier molecular flexibility index (Phi) is 7.03. The number of thiazole rings is 1. The van der Waals surface area contributed by atoms with Crippen LogP contribution in [0.5, 0.6) is 5.75 Å². The van der Waals surface area contributed by atoms with E-state index < -0.39 is 6.04 Å². The molecule has 28 heavy (non-hydrogen) atoms. The van der Waals surface area contributed by atoms with E-state index in [1.165, 1.54) is 17.8 Å². The van der Waals surface area contributed by atoms with E-state index in [-0.39, 0.29) is 18.2 Å². The molecule has 0 bridgehead atoms. The highest BCUT2D eigenvalue weighted by Gasteiger charge is 2.23. The van der Waals surface area contributed by atoms with E-state index in [4.69, 9.17) is 4.74 Å². The molecule has 0 aliphatic carbocycles. The van der Waals surface area contributed by atoms with Gasteiger partial charge < -0.3 is 15.0 Å². The number of ether oxygens (including phenoxy) is 1. The van der Waals surface area contributed by atoms with E-state index in [2.05, 4.69) is 10.3 Å². The highest BCUT2D eigenvalue weighted by atomic mass is 32.1.